The normalized spacial score (nSPS) is 24.5. The van der Waals surface area contributed by atoms with Crippen LogP contribution in [0.1, 0.15) is 89.9 Å². The van der Waals surface area contributed by atoms with E-state index in [2.05, 4.69) is 3.63 Å². The molecule has 150 valence electrons. The average molecular weight is 420 g/mol. The molecule has 0 amide bonds. The van der Waals surface area contributed by atoms with Crippen LogP contribution >= 0.6 is 0 Å². The van der Waals surface area contributed by atoms with E-state index in [-0.39, 0.29) is 41.6 Å². The maximum absolute atomic E-state index is 13.0. The molecule has 1 unspecified atom stereocenters. The van der Waals surface area contributed by atoms with Gasteiger partial charge in [-0.1, -0.05) is 64.2 Å². The summed E-state index contributed by atoms with van der Waals surface area (Å²) in [5.74, 6) is 0. The Balaban J connectivity index is 0.00000338. The van der Waals surface area contributed by atoms with Gasteiger partial charge in [-0.05, 0) is 25.7 Å². The van der Waals surface area contributed by atoms with Crippen LogP contribution in [0.25, 0.3) is 0 Å². The first-order valence-corrected chi connectivity index (χ1v) is 12.5. The number of rotatable bonds is 5. The van der Waals surface area contributed by atoms with Crippen LogP contribution < -0.4 is 5.14 Å². The van der Waals surface area contributed by atoms with Gasteiger partial charge >= 0.3 is 39.9 Å². The zero-order valence-corrected chi connectivity index (χ0v) is 16.7. The van der Waals surface area contributed by atoms with Gasteiger partial charge in [0.1, 0.15) is 0 Å². The molecule has 0 aliphatic heterocycles. The predicted octanol–water partition coefficient (Wildman–Crippen LogP) is 2.96. The number of nitrogens with one attached hydrogen (secondary N) is 1. The number of hydrogen-bond donors (Lipinski definition) is 2. The van der Waals surface area contributed by atoms with Gasteiger partial charge in [0, 0.05) is 12.1 Å². The Hall–Kier alpha value is 0.780. The van der Waals surface area contributed by atoms with E-state index in [0.29, 0.717) is 0 Å². The molecule has 1 atom stereocenters. The molecule has 2 saturated carbocycles. The average Bonchev–Trinajstić information content (AvgIpc) is 2.40. The Kier molecular flexibility index (Phi) is 11.2. The second kappa shape index (κ2) is 11.7. The van der Waals surface area contributed by atoms with Gasteiger partial charge in [0.05, 0.1) is 0 Å². The van der Waals surface area contributed by atoms with E-state index in [1.54, 1.807) is 4.31 Å². The number of nitrogens with two attached hydrogens (primary N) is 1. The molecule has 3 N–H and O–H groups in total. The third kappa shape index (κ3) is 8.43. The minimum atomic E-state index is -4.44. The fourth-order valence-electron chi connectivity index (χ4n) is 4.23. The third-order valence-corrected chi connectivity index (χ3v) is 7.98. The van der Waals surface area contributed by atoms with Gasteiger partial charge in [-0.2, -0.15) is 12.7 Å². The fourth-order valence-corrected chi connectivity index (χ4v) is 6.75. The van der Waals surface area contributed by atoms with Crippen molar-refractivity contribution in [1.29, 1.82) is 4.78 Å². The van der Waals surface area contributed by atoms with Crippen LogP contribution in [-0.2, 0) is 24.1 Å². The van der Waals surface area contributed by atoms with Crippen molar-refractivity contribution in [1.82, 2.24) is 4.31 Å². The minimum absolute atomic E-state index is 0. The number of hydrogen-bond acceptors (Lipinski definition) is 5. The molecule has 0 spiro atoms. The molecule has 0 aromatic carbocycles. The van der Waals surface area contributed by atoms with Gasteiger partial charge in [-0.25, -0.2) is 14.1 Å². The Morgan fingerprint density at radius 1 is 0.731 bits per heavy atom. The van der Waals surface area contributed by atoms with Gasteiger partial charge in [0.15, 0.2) is 0 Å². The van der Waals surface area contributed by atoms with Crippen LogP contribution in [0, 0.1) is 4.78 Å². The molecular weight excluding hydrogens is 385 g/mol. The molecule has 2 aliphatic rings. The quantitative estimate of drug-likeness (QED) is 0.667. The van der Waals surface area contributed by atoms with Gasteiger partial charge in [-0.3, -0.25) is 0 Å². The standard InChI is InChI=1S/C16H33N3O4S2.Na.H/c17-24(20,23-25(18,21)22)19(15-11-7-3-1-4-8-12-15)16-13-9-5-2-6-10-14-16;;/h15-17H,1-14H2,(H2,18,21,22);;. The Morgan fingerprint density at radius 2 is 1.04 bits per heavy atom. The van der Waals surface area contributed by atoms with Crippen LogP contribution in [0.2, 0.25) is 0 Å². The molecule has 0 aromatic rings. The molecule has 2 fully saturated rings. The Morgan fingerprint density at radius 3 is 1.35 bits per heavy atom. The van der Waals surface area contributed by atoms with Gasteiger partial charge in [0.25, 0.3) is 0 Å². The van der Waals surface area contributed by atoms with Crippen molar-refractivity contribution in [2.45, 2.75) is 102 Å². The van der Waals surface area contributed by atoms with E-state index in [4.69, 9.17) is 9.92 Å². The summed E-state index contributed by atoms with van der Waals surface area (Å²) in [5.41, 5.74) is 0. The van der Waals surface area contributed by atoms with Crippen LogP contribution in [0.4, 0.5) is 0 Å². The summed E-state index contributed by atoms with van der Waals surface area (Å²) in [5, 5.41) is 4.95. The molecule has 0 bridgehead atoms. The van der Waals surface area contributed by atoms with Gasteiger partial charge in [-0.15, -0.1) is 3.63 Å². The molecule has 0 radical (unpaired) electrons. The molecule has 0 aromatic heterocycles. The monoisotopic (exact) mass is 419 g/mol. The van der Waals surface area contributed by atoms with Crippen LogP contribution in [-0.4, -0.2) is 58.6 Å². The molecule has 7 nitrogen and oxygen atoms in total. The Bertz CT molecular complexity index is 575. The summed E-state index contributed by atoms with van der Waals surface area (Å²) in [6.45, 7) is 0. The molecule has 2 aliphatic carbocycles. The van der Waals surface area contributed by atoms with Gasteiger partial charge < -0.3 is 0 Å². The zero-order chi connectivity index (χ0) is 18.3. The molecule has 2 rings (SSSR count). The first kappa shape index (κ1) is 24.8. The van der Waals surface area contributed by atoms with Crippen molar-refractivity contribution in [3.8, 4) is 0 Å². The molecule has 0 saturated heterocycles. The van der Waals surface area contributed by atoms with E-state index in [1.165, 1.54) is 12.8 Å². The van der Waals surface area contributed by atoms with E-state index < -0.39 is 20.5 Å². The maximum atomic E-state index is 13.0. The SMILES string of the molecule is N=S(=O)(OS(N)(=O)=O)N(C1CCCCCCC1)C1CCCCCCC1.[NaH]. The van der Waals surface area contributed by atoms with Crippen molar-refractivity contribution in [2.75, 3.05) is 0 Å². The van der Waals surface area contributed by atoms with E-state index in [0.717, 1.165) is 77.0 Å². The fraction of sp³-hybridized carbons (Fsp3) is 1.00. The third-order valence-electron chi connectivity index (χ3n) is 5.33. The Labute approximate surface area is 181 Å². The second-order valence-electron chi connectivity index (χ2n) is 7.39. The summed E-state index contributed by atoms with van der Waals surface area (Å²) < 4.78 is 50.2. The summed E-state index contributed by atoms with van der Waals surface area (Å²) >= 11 is 0. The summed E-state index contributed by atoms with van der Waals surface area (Å²) in [4.78, 5) is 0. The zero-order valence-electron chi connectivity index (χ0n) is 15.0. The van der Waals surface area contributed by atoms with E-state index in [1.807, 2.05) is 0 Å². The van der Waals surface area contributed by atoms with Crippen molar-refractivity contribution >= 4 is 50.1 Å². The first-order valence-electron chi connectivity index (χ1n) is 9.61. The predicted molar refractivity (Wildman–Crippen MR) is 106 cm³/mol. The van der Waals surface area contributed by atoms with Crippen molar-refractivity contribution in [3.63, 3.8) is 0 Å². The van der Waals surface area contributed by atoms with Crippen LogP contribution in [0.15, 0.2) is 0 Å². The first-order chi connectivity index (χ1) is 11.8. The summed E-state index contributed by atoms with van der Waals surface area (Å²) in [6, 6.07) is -0.145. The topological polar surface area (TPSA) is 114 Å². The second-order valence-corrected chi connectivity index (χ2v) is 10.3. The van der Waals surface area contributed by atoms with Gasteiger partial charge in [0.2, 0.25) is 10.2 Å². The molecule has 10 heteroatoms. The summed E-state index contributed by atoms with van der Waals surface area (Å²) in [7, 11) is -8.36. The van der Waals surface area contributed by atoms with Crippen LogP contribution in [0.5, 0.6) is 0 Å². The van der Waals surface area contributed by atoms with Crippen molar-refractivity contribution in [2.24, 2.45) is 5.14 Å². The number of nitrogens with zero attached hydrogens (tertiary/aromatic N) is 1. The van der Waals surface area contributed by atoms with Crippen molar-refractivity contribution in [3.05, 3.63) is 0 Å². The molecule has 0 heterocycles. The van der Waals surface area contributed by atoms with E-state index >= 15 is 0 Å². The van der Waals surface area contributed by atoms with Crippen molar-refractivity contribution < 1.29 is 16.3 Å². The molecule has 26 heavy (non-hydrogen) atoms. The van der Waals surface area contributed by atoms with Crippen LogP contribution in [0.3, 0.4) is 0 Å². The summed E-state index contributed by atoms with van der Waals surface area (Å²) in [6.07, 6.45) is 14.3. The van der Waals surface area contributed by atoms with E-state index in [9.17, 15) is 12.6 Å². The molecular formula is C16H34N3NaO4S2.